The molecule has 0 spiro atoms. The van der Waals surface area contributed by atoms with Gasteiger partial charge in [-0.05, 0) is 18.8 Å². The van der Waals surface area contributed by atoms with E-state index in [-0.39, 0.29) is 17.4 Å². The molecule has 0 radical (unpaired) electrons. The van der Waals surface area contributed by atoms with Crippen molar-refractivity contribution in [1.82, 2.24) is 0 Å². The molecule has 0 aliphatic heterocycles. The van der Waals surface area contributed by atoms with Crippen LogP contribution in [0.1, 0.15) is 57.4 Å². The summed E-state index contributed by atoms with van der Waals surface area (Å²) in [5.74, 6) is 0.0619. The van der Waals surface area contributed by atoms with Gasteiger partial charge in [-0.2, -0.15) is 0 Å². The van der Waals surface area contributed by atoms with Crippen LogP contribution in [0.25, 0.3) is 0 Å². The van der Waals surface area contributed by atoms with E-state index < -0.39 is 4.92 Å². The van der Waals surface area contributed by atoms with E-state index in [9.17, 15) is 15.2 Å². The molecule has 1 unspecified atom stereocenters. The van der Waals surface area contributed by atoms with Gasteiger partial charge in [0.15, 0.2) is 5.75 Å². The molecule has 0 aliphatic rings. The third-order valence-corrected chi connectivity index (χ3v) is 3.23. The standard InChI is InChI=1S/C14H21NO3/c1-3-5-8-11(7-4-2)12-9-6-10-13(14(12)16)15(17)18/h6,9-11,16H,3-5,7-8H2,1-2H3. The summed E-state index contributed by atoms with van der Waals surface area (Å²) in [6, 6.07) is 4.81. The average molecular weight is 251 g/mol. The van der Waals surface area contributed by atoms with Gasteiger partial charge in [0.1, 0.15) is 0 Å². The lowest BCUT2D eigenvalue weighted by Gasteiger charge is -2.17. The van der Waals surface area contributed by atoms with Crippen molar-refractivity contribution in [2.24, 2.45) is 0 Å². The monoisotopic (exact) mass is 251 g/mol. The van der Waals surface area contributed by atoms with Gasteiger partial charge < -0.3 is 5.11 Å². The molecule has 1 aromatic carbocycles. The number of para-hydroxylation sites is 1. The van der Waals surface area contributed by atoms with Crippen LogP contribution in [0.15, 0.2) is 18.2 Å². The smallest absolute Gasteiger partial charge is 0.310 e. The van der Waals surface area contributed by atoms with Gasteiger partial charge in [-0.1, -0.05) is 45.2 Å². The second kappa shape index (κ2) is 6.99. The van der Waals surface area contributed by atoms with Gasteiger partial charge in [-0.15, -0.1) is 0 Å². The Morgan fingerprint density at radius 2 is 2.00 bits per heavy atom. The molecule has 0 saturated carbocycles. The van der Waals surface area contributed by atoms with Crippen molar-refractivity contribution in [1.29, 1.82) is 0 Å². The Hall–Kier alpha value is -1.58. The first-order valence-corrected chi connectivity index (χ1v) is 6.58. The van der Waals surface area contributed by atoms with Gasteiger partial charge in [0, 0.05) is 11.6 Å². The Morgan fingerprint density at radius 3 is 2.56 bits per heavy atom. The highest BCUT2D eigenvalue weighted by atomic mass is 16.6. The SMILES string of the molecule is CCCCC(CCC)c1cccc([N+](=O)[O-])c1O. The van der Waals surface area contributed by atoms with Crippen LogP contribution < -0.4 is 0 Å². The average Bonchev–Trinajstić information content (AvgIpc) is 2.34. The van der Waals surface area contributed by atoms with Gasteiger partial charge in [-0.3, -0.25) is 10.1 Å². The summed E-state index contributed by atoms with van der Waals surface area (Å²) in [5.41, 5.74) is 0.532. The van der Waals surface area contributed by atoms with E-state index in [1.165, 1.54) is 6.07 Å². The first-order chi connectivity index (χ1) is 8.61. The van der Waals surface area contributed by atoms with E-state index in [2.05, 4.69) is 13.8 Å². The van der Waals surface area contributed by atoms with Crippen molar-refractivity contribution in [2.45, 2.75) is 51.9 Å². The van der Waals surface area contributed by atoms with Gasteiger partial charge in [0.25, 0.3) is 0 Å². The van der Waals surface area contributed by atoms with E-state index in [1.807, 2.05) is 0 Å². The fourth-order valence-corrected chi connectivity index (χ4v) is 2.28. The Morgan fingerprint density at radius 1 is 1.28 bits per heavy atom. The van der Waals surface area contributed by atoms with Crippen molar-refractivity contribution in [3.8, 4) is 5.75 Å². The molecule has 0 aliphatic carbocycles. The quantitative estimate of drug-likeness (QED) is 0.578. The van der Waals surface area contributed by atoms with Crippen LogP contribution >= 0.6 is 0 Å². The lowest BCUT2D eigenvalue weighted by atomic mass is 9.89. The van der Waals surface area contributed by atoms with Crippen molar-refractivity contribution in [2.75, 3.05) is 0 Å². The lowest BCUT2D eigenvalue weighted by Crippen LogP contribution is -2.01. The molecule has 0 aromatic heterocycles. The molecule has 0 saturated heterocycles. The maximum Gasteiger partial charge on any atom is 0.310 e. The molecule has 1 atom stereocenters. The van der Waals surface area contributed by atoms with Crippen molar-refractivity contribution in [3.63, 3.8) is 0 Å². The zero-order valence-electron chi connectivity index (χ0n) is 11.1. The Kier molecular flexibility index (Phi) is 5.62. The molecule has 4 heteroatoms. The minimum atomic E-state index is -0.526. The largest absolute Gasteiger partial charge is 0.502 e. The number of nitro benzene ring substituents is 1. The maximum absolute atomic E-state index is 10.8. The highest BCUT2D eigenvalue weighted by molar-refractivity contribution is 5.51. The van der Waals surface area contributed by atoms with Crippen LogP contribution in [0.2, 0.25) is 0 Å². The van der Waals surface area contributed by atoms with Gasteiger partial charge in [-0.25, -0.2) is 0 Å². The molecule has 0 fully saturated rings. The Bertz CT molecular complexity index is 404. The number of hydrogen-bond donors (Lipinski definition) is 1. The first kappa shape index (κ1) is 14.5. The van der Waals surface area contributed by atoms with Crippen molar-refractivity contribution >= 4 is 5.69 Å². The number of phenolic OH excluding ortho intramolecular Hbond substituents is 1. The number of nitrogens with zero attached hydrogens (tertiary/aromatic N) is 1. The summed E-state index contributed by atoms with van der Waals surface area (Å²) >= 11 is 0. The number of nitro groups is 1. The minimum Gasteiger partial charge on any atom is -0.502 e. The highest BCUT2D eigenvalue weighted by Gasteiger charge is 2.21. The van der Waals surface area contributed by atoms with Crippen LogP contribution in [0.4, 0.5) is 5.69 Å². The van der Waals surface area contributed by atoms with E-state index >= 15 is 0 Å². The molecular formula is C14H21NO3. The fourth-order valence-electron chi connectivity index (χ4n) is 2.28. The third-order valence-electron chi connectivity index (χ3n) is 3.23. The zero-order chi connectivity index (χ0) is 13.5. The molecule has 1 rings (SSSR count). The summed E-state index contributed by atoms with van der Waals surface area (Å²) in [6.07, 6.45) is 5.10. The van der Waals surface area contributed by atoms with Crippen LogP contribution in [0.3, 0.4) is 0 Å². The van der Waals surface area contributed by atoms with E-state index in [4.69, 9.17) is 0 Å². The normalized spacial score (nSPS) is 12.3. The molecule has 0 heterocycles. The molecule has 0 bridgehead atoms. The first-order valence-electron chi connectivity index (χ1n) is 6.58. The topological polar surface area (TPSA) is 63.4 Å². The molecular weight excluding hydrogens is 230 g/mol. The number of aromatic hydroxyl groups is 1. The number of hydrogen-bond acceptors (Lipinski definition) is 3. The second-order valence-electron chi connectivity index (χ2n) is 4.60. The van der Waals surface area contributed by atoms with Crippen molar-refractivity contribution in [3.05, 3.63) is 33.9 Å². The molecule has 18 heavy (non-hydrogen) atoms. The minimum absolute atomic E-state index is 0.156. The lowest BCUT2D eigenvalue weighted by molar-refractivity contribution is -0.386. The van der Waals surface area contributed by atoms with Gasteiger partial charge in [0.05, 0.1) is 4.92 Å². The number of benzene rings is 1. The van der Waals surface area contributed by atoms with Crippen LogP contribution in [0, 0.1) is 10.1 Å². The maximum atomic E-state index is 10.8. The van der Waals surface area contributed by atoms with Gasteiger partial charge >= 0.3 is 5.69 Å². The molecule has 1 aromatic rings. The number of unbranched alkanes of at least 4 members (excludes halogenated alkanes) is 1. The summed E-state index contributed by atoms with van der Waals surface area (Å²) in [4.78, 5) is 10.3. The number of rotatable bonds is 7. The van der Waals surface area contributed by atoms with Crippen molar-refractivity contribution < 1.29 is 10.0 Å². The summed E-state index contributed by atoms with van der Waals surface area (Å²) in [5, 5.41) is 20.8. The second-order valence-corrected chi connectivity index (χ2v) is 4.60. The van der Waals surface area contributed by atoms with E-state index in [1.54, 1.807) is 12.1 Å². The zero-order valence-corrected chi connectivity index (χ0v) is 11.1. The predicted octanol–water partition coefficient (Wildman–Crippen LogP) is 4.37. The Labute approximate surface area is 108 Å². The summed E-state index contributed by atoms with van der Waals surface area (Å²) in [6.45, 7) is 4.21. The van der Waals surface area contributed by atoms with Crippen LogP contribution in [0.5, 0.6) is 5.75 Å². The van der Waals surface area contributed by atoms with Crippen LogP contribution in [-0.2, 0) is 0 Å². The van der Waals surface area contributed by atoms with Gasteiger partial charge in [0.2, 0.25) is 0 Å². The summed E-state index contributed by atoms with van der Waals surface area (Å²) < 4.78 is 0. The van der Waals surface area contributed by atoms with E-state index in [0.717, 1.165) is 37.7 Å². The molecule has 1 N–H and O–H groups in total. The molecule has 0 amide bonds. The Balaban J connectivity index is 3.03. The highest BCUT2D eigenvalue weighted by Crippen LogP contribution is 2.38. The van der Waals surface area contributed by atoms with Crippen LogP contribution in [-0.4, -0.2) is 10.0 Å². The van der Waals surface area contributed by atoms with E-state index in [0.29, 0.717) is 0 Å². The third kappa shape index (κ3) is 3.45. The number of phenols is 1. The fraction of sp³-hybridized carbons (Fsp3) is 0.571. The predicted molar refractivity (Wildman–Crippen MR) is 71.9 cm³/mol. The summed E-state index contributed by atoms with van der Waals surface area (Å²) in [7, 11) is 0. The molecule has 4 nitrogen and oxygen atoms in total. The molecule has 100 valence electrons.